The Morgan fingerprint density at radius 1 is 1.26 bits per heavy atom. The normalized spacial score (nSPS) is 15.4. The summed E-state index contributed by atoms with van der Waals surface area (Å²) in [7, 11) is 1.66. The number of likely N-dealkylation sites (tertiary alicyclic amines) is 1. The van der Waals surface area contributed by atoms with E-state index in [4.69, 9.17) is 4.74 Å². The maximum absolute atomic E-state index is 13.1. The lowest BCUT2D eigenvalue weighted by atomic mass is 10.0. The minimum absolute atomic E-state index is 0.115. The van der Waals surface area contributed by atoms with Crippen LogP contribution in [0.15, 0.2) is 24.3 Å². The molecule has 0 atom stereocenters. The standard InChI is InChI=1S/C21H29N3O2S/c1-5-23(6-2)16-11-13-24(14-12-16)21(25)19-15(3)22-20(27-19)17-9-7-8-10-18(17)26-4/h7-10,16H,5-6,11-14H2,1-4H3. The third-order valence-electron chi connectivity index (χ3n) is 5.41. The second-order valence-corrected chi connectivity index (χ2v) is 7.88. The van der Waals surface area contributed by atoms with E-state index in [1.54, 1.807) is 7.11 Å². The van der Waals surface area contributed by atoms with Crippen LogP contribution in [0.5, 0.6) is 5.75 Å². The van der Waals surface area contributed by atoms with Crippen molar-refractivity contribution in [3.05, 3.63) is 34.8 Å². The number of benzene rings is 1. The number of aromatic nitrogens is 1. The van der Waals surface area contributed by atoms with E-state index in [1.165, 1.54) is 11.3 Å². The first-order valence-corrected chi connectivity index (χ1v) is 10.5. The maximum Gasteiger partial charge on any atom is 0.265 e. The van der Waals surface area contributed by atoms with Crippen LogP contribution in [0.2, 0.25) is 0 Å². The Morgan fingerprint density at radius 3 is 2.56 bits per heavy atom. The summed E-state index contributed by atoms with van der Waals surface area (Å²) in [4.78, 5) is 23.0. The number of para-hydroxylation sites is 1. The van der Waals surface area contributed by atoms with Crippen molar-refractivity contribution in [2.45, 2.75) is 39.7 Å². The Morgan fingerprint density at radius 2 is 1.93 bits per heavy atom. The Bertz CT molecular complexity index is 777. The van der Waals surface area contributed by atoms with E-state index in [1.807, 2.05) is 36.1 Å². The van der Waals surface area contributed by atoms with Crippen molar-refractivity contribution in [3.63, 3.8) is 0 Å². The van der Waals surface area contributed by atoms with Crippen LogP contribution in [0.3, 0.4) is 0 Å². The molecule has 0 saturated carbocycles. The number of ether oxygens (including phenoxy) is 1. The number of thiazole rings is 1. The van der Waals surface area contributed by atoms with E-state index >= 15 is 0 Å². The molecule has 6 heteroatoms. The molecule has 5 nitrogen and oxygen atoms in total. The highest BCUT2D eigenvalue weighted by molar-refractivity contribution is 7.17. The summed E-state index contributed by atoms with van der Waals surface area (Å²) in [6.45, 7) is 10.1. The van der Waals surface area contributed by atoms with Gasteiger partial charge in [-0.2, -0.15) is 0 Å². The lowest BCUT2D eigenvalue weighted by molar-refractivity contribution is 0.0635. The van der Waals surface area contributed by atoms with Crippen LogP contribution in [0.25, 0.3) is 10.6 Å². The number of piperidine rings is 1. The Kier molecular flexibility index (Phi) is 6.50. The zero-order valence-corrected chi connectivity index (χ0v) is 17.5. The van der Waals surface area contributed by atoms with Crippen LogP contribution < -0.4 is 4.74 Å². The van der Waals surface area contributed by atoms with Gasteiger partial charge >= 0.3 is 0 Å². The topological polar surface area (TPSA) is 45.7 Å². The van der Waals surface area contributed by atoms with Crippen LogP contribution in [-0.2, 0) is 0 Å². The molecule has 1 amide bonds. The lowest BCUT2D eigenvalue weighted by Gasteiger charge is -2.37. The summed E-state index contributed by atoms with van der Waals surface area (Å²) in [5.41, 5.74) is 1.74. The Labute approximate surface area is 166 Å². The van der Waals surface area contributed by atoms with Crippen LogP contribution in [-0.4, -0.2) is 60.0 Å². The van der Waals surface area contributed by atoms with Crippen LogP contribution >= 0.6 is 11.3 Å². The van der Waals surface area contributed by atoms with E-state index in [2.05, 4.69) is 23.7 Å². The lowest BCUT2D eigenvalue weighted by Crippen LogP contribution is -2.46. The second-order valence-electron chi connectivity index (χ2n) is 6.88. The summed E-state index contributed by atoms with van der Waals surface area (Å²) in [6.07, 6.45) is 2.09. The third-order valence-corrected chi connectivity index (χ3v) is 6.59. The Balaban J connectivity index is 1.74. The molecule has 2 heterocycles. The first-order valence-electron chi connectivity index (χ1n) is 9.73. The molecule has 1 aliphatic heterocycles. The fourth-order valence-corrected chi connectivity index (χ4v) is 4.91. The number of nitrogens with zero attached hydrogens (tertiary/aromatic N) is 3. The number of rotatable bonds is 6. The quantitative estimate of drug-likeness (QED) is 0.749. The summed E-state index contributed by atoms with van der Waals surface area (Å²) >= 11 is 1.47. The van der Waals surface area contributed by atoms with Gasteiger partial charge in [-0.15, -0.1) is 11.3 Å². The van der Waals surface area contributed by atoms with E-state index in [0.717, 1.165) is 65.9 Å². The van der Waals surface area contributed by atoms with Gasteiger partial charge in [0, 0.05) is 19.1 Å². The molecule has 0 bridgehead atoms. The molecule has 0 spiro atoms. The minimum atomic E-state index is 0.115. The average molecular weight is 388 g/mol. The second kappa shape index (κ2) is 8.85. The number of aryl methyl sites for hydroxylation is 1. The molecule has 146 valence electrons. The summed E-state index contributed by atoms with van der Waals surface area (Å²) in [6, 6.07) is 8.41. The molecule has 0 unspecified atom stereocenters. The van der Waals surface area contributed by atoms with Crippen molar-refractivity contribution in [3.8, 4) is 16.3 Å². The van der Waals surface area contributed by atoms with E-state index < -0.39 is 0 Å². The van der Waals surface area contributed by atoms with Gasteiger partial charge in [0.25, 0.3) is 5.91 Å². The van der Waals surface area contributed by atoms with Gasteiger partial charge in [-0.3, -0.25) is 4.79 Å². The van der Waals surface area contributed by atoms with Crippen LogP contribution in [0, 0.1) is 6.92 Å². The largest absolute Gasteiger partial charge is 0.496 e. The van der Waals surface area contributed by atoms with Gasteiger partial charge in [-0.05, 0) is 45.0 Å². The summed E-state index contributed by atoms with van der Waals surface area (Å²) < 4.78 is 5.45. The average Bonchev–Trinajstić information content (AvgIpc) is 3.10. The molecule has 27 heavy (non-hydrogen) atoms. The fourth-order valence-electron chi connectivity index (χ4n) is 3.85. The number of carbonyl (C=O) groups excluding carboxylic acids is 1. The molecule has 1 aromatic heterocycles. The van der Waals surface area contributed by atoms with E-state index in [-0.39, 0.29) is 5.91 Å². The smallest absolute Gasteiger partial charge is 0.265 e. The van der Waals surface area contributed by atoms with Crippen molar-refractivity contribution in [2.75, 3.05) is 33.3 Å². The van der Waals surface area contributed by atoms with Gasteiger partial charge in [0.2, 0.25) is 0 Å². The van der Waals surface area contributed by atoms with Crippen molar-refractivity contribution >= 4 is 17.2 Å². The molecular formula is C21H29N3O2S. The highest BCUT2D eigenvalue weighted by Gasteiger charge is 2.28. The highest BCUT2D eigenvalue weighted by atomic mass is 32.1. The van der Waals surface area contributed by atoms with Gasteiger partial charge in [-0.1, -0.05) is 26.0 Å². The number of methoxy groups -OCH3 is 1. The SMILES string of the molecule is CCN(CC)C1CCN(C(=O)c2sc(-c3ccccc3OC)nc2C)CC1. The van der Waals surface area contributed by atoms with Gasteiger partial charge < -0.3 is 14.5 Å². The zero-order chi connectivity index (χ0) is 19.4. The molecule has 0 N–H and O–H groups in total. The predicted molar refractivity (Wildman–Crippen MR) is 111 cm³/mol. The van der Waals surface area contributed by atoms with Crippen molar-refractivity contribution < 1.29 is 9.53 Å². The van der Waals surface area contributed by atoms with Gasteiger partial charge in [-0.25, -0.2) is 4.98 Å². The predicted octanol–water partition coefficient (Wildman–Crippen LogP) is 4.07. The molecule has 3 rings (SSSR count). The first kappa shape index (κ1) is 19.8. The van der Waals surface area contributed by atoms with Gasteiger partial charge in [0.15, 0.2) is 0 Å². The third kappa shape index (κ3) is 4.17. The maximum atomic E-state index is 13.1. The number of hydrogen-bond donors (Lipinski definition) is 0. The molecule has 0 aliphatic carbocycles. The number of amides is 1. The van der Waals surface area contributed by atoms with Crippen molar-refractivity contribution in [2.24, 2.45) is 0 Å². The molecule has 2 aromatic rings. The number of carbonyl (C=O) groups is 1. The van der Waals surface area contributed by atoms with Crippen LogP contribution in [0.4, 0.5) is 0 Å². The highest BCUT2D eigenvalue weighted by Crippen LogP contribution is 2.35. The van der Waals surface area contributed by atoms with Gasteiger partial charge in [0.05, 0.1) is 18.4 Å². The summed E-state index contributed by atoms with van der Waals surface area (Å²) in [5.74, 6) is 0.898. The Hall–Kier alpha value is -1.92. The summed E-state index contributed by atoms with van der Waals surface area (Å²) in [5, 5.41) is 0.839. The number of hydrogen-bond acceptors (Lipinski definition) is 5. The monoisotopic (exact) mass is 387 g/mol. The first-order chi connectivity index (χ1) is 13.1. The fraction of sp³-hybridized carbons (Fsp3) is 0.524. The minimum Gasteiger partial charge on any atom is -0.496 e. The molecule has 1 aromatic carbocycles. The zero-order valence-electron chi connectivity index (χ0n) is 16.7. The molecule has 1 fully saturated rings. The molecular weight excluding hydrogens is 358 g/mol. The molecule has 1 aliphatic rings. The molecule has 0 radical (unpaired) electrons. The van der Waals surface area contributed by atoms with Crippen molar-refractivity contribution in [1.29, 1.82) is 0 Å². The van der Waals surface area contributed by atoms with Crippen molar-refractivity contribution in [1.82, 2.24) is 14.8 Å². The van der Waals surface area contributed by atoms with E-state index in [0.29, 0.717) is 6.04 Å². The molecule has 1 saturated heterocycles. The van der Waals surface area contributed by atoms with E-state index in [9.17, 15) is 4.79 Å². The van der Waals surface area contributed by atoms with Gasteiger partial charge in [0.1, 0.15) is 15.6 Å². The van der Waals surface area contributed by atoms with Crippen LogP contribution in [0.1, 0.15) is 42.1 Å².